The first-order valence-electron chi connectivity index (χ1n) is 7.16. The highest BCUT2D eigenvalue weighted by Crippen LogP contribution is 2.13. The first-order valence-corrected chi connectivity index (χ1v) is 7.16. The molecule has 2 N–H and O–H groups in total. The smallest absolute Gasteiger partial charge is 0.119 e. The zero-order valence-corrected chi connectivity index (χ0v) is 12.3. The molecule has 0 heterocycles. The summed E-state index contributed by atoms with van der Waals surface area (Å²) < 4.78 is 5.76. The van der Waals surface area contributed by atoms with Crippen molar-refractivity contribution in [2.24, 2.45) is 0 Å². The van der Waals surface area contributed by atoms with Gasteiger partial charge in [0.15, 0.2) is 0 Å². The van der Waals surface area contributed by atoms with Crippen LogP contribution in [0.2, 0.25) is 0 Å². The number of aliphatic hydroxyl groups is 1. The topological polar surface area (TPSA) is 44.7 Å². The van der Waals surface area contributed by atoms with Gasteiger partial charge in [-0.1, -0.05) is 25.1 Å². The molecule has 0 unspecified atom stereocenters. The summed E-state index contributed by atoms with van der Waals surface area (Å²) in [6.07, 6.45) is 1.84. The van der Waals surface area contributed by atoms with Gasteiger partial charge in [0.1, 0.15) is 12.4 Å². The van der Waals surface area contributed by atoms with Crippen molar-refractivity contribution in [3.63, 3.8) is 0 Å². The summed E-state index contributed by atoms with van der Waals surface area (Å²) in [5.74, 6) is 0.892. The lowest BCUT2D eigenvalue weighted by atomic mass is 10.2. The number of rotatable bonds is 11. The molecule has 20 heavy (non-hydrogen) atoms. The summed E-state index contributed by atoms with van der Waals surface area (Å²) >= 11 is 0. The number of hydrogen-bond donors (Lipinski definition) is 2. The second kappa shape index (κ2) is 10.4. The molecule has 4 heteroatoms. The summed E-state index contributed by atoms with van der Waals surface area (Å²) in [5, 5.41) is 12.3. The average Bonchev–Trinajstić information content (AvgIpc) is 2.46. The van der Waals surface area contributed by atoms with E-state index in [9.17, 15) is 0 Å². The highest BCUT2D eigenvalue weighted by molar-refractivity contribution is 5.28. The Labute approximate surface area is 122 Å². The normalized spacial score (nSPS) is 10.8. The molecule has 0 saturated carbocycles. The van der Waals surface area contributed by atoms with Crippen molar-refractivity contribution >= 4 is 0 Å². The molecule has 0 atom stereocenters. The SMILES string of the molecule is C=CCN(CCO)CCOc1cccc(CNCC)c1. The molecule has 0 amide bonds. The highest BCUT2D eigenvalue weighted by Gasteiger charge is 2.02. The van der Waals surface area contributed by atoms with Crippen LogP contribution in [0.4, 0.5) is 0 Å². The fourth-order valence-corrected chi connectivity index (χ4v) is 1.93. The second-order valence-electron chi connectivity index (χ2n) is 4.59. The highest BCUT2D eigenvalue weighted by atomic mass is 16.5. The monoisotopic (exact) mass is 278 g/mol. The van der Waals surface area contributed by atoms with Crippen LogP contribution in [0.3, 0.4) is 0 Å². The molecule has 1 aromatic rings. The van der Waals surface area contributed by atoms with Crippen LogP contribution in [-0.4, -0.2) is 49.4 Å². The molecule has 4 nitrogen and oxygen atoms in total. The Bertz CT molecular complexity index is 382. The lowest BCUT2D eigenvalue weighted by molar-refractivity contribution is 0.180. The third kappa shape index (κ3) is 6.70. The number of nitrogens with zero attached hydrogens (tertiary/aromatic N) is 1. The van der Waals surface area contributed by atoms with Gasteiger partial charge >= 0.3 is 0 Å². The summed E-state index contributed by atoms with van der Waals surface area (Å²) in [4.78, 5) is 2.11. The van der Waals surface area contributed by atoms with Crippen LogP contribution in [0.1, 0.15) is 12.5 Å². The fraction of sp³-hybridized carbons (Fsp3) is 0.500. The predicted octanol–water partition coefficient (Wildman–Crippen LogP) is 1.66. The molecular formula is C16H26N2O2. The van der Waals surface area contributed by atoms with E-state index in [-0.39, 0.29) is 6.61 Å². The quantitative estimate of drug-likeness (QED) is 0.604. The first kappa shape index (κ1) is 16.7. The van der Waals surface area contributed by atoms with Crippen molar-refractivity contribution in [2.45, 2.75) is 13.5 Å². The zero-order chi connectivity index (χ0) is 14.6. The maximum Gasteiger partial charge on any atom is 0.119 e. The molecule has 0 fully saturated rings. The summed E-state index contributed by atoms with van der Waals surface area (Å²) in [6, 6.07) is 8.13. The van der Waals surface area contributed by atoms with Crippen LogP contribution < -0.4 is 10.1 Å². The lowest BCUT2D eigenvalue weighted by Gasteiger charge is -2.19. The van der Waals surface area contributed by atoms with E-state index in [2.05, 4.69) is 35.9 Å². The summed E-state index contributed by atoms with van der Waals surface area (Å²) in [6.45, 7) is 10.6. The molecule has 0 aromatic heterocycles. The zero-order valence-electron chi connectivity index (χ0n) is 12.3. The van der Waals surface area contributed by atoms with Crippen molar-refractivity contribution < 1.29 is 9.84 Å². The molecule has 1 rings (SSSR count). The number of benzene rings is 1. The van der Waals surface area contributed by atoms with Gasteiger partial charge < -0.3 is 15.2 Å². The number of hydrogen-bond acceptors (Lipinski definition) is 4. The Morgan fingerprint density at radius 3 is 2.95 bits per heavy atom. The van der Waals surface area contributed by atoms with Crippen LogP contribution in [0.25, 0.3) is 0 Å². The van der Waals surface area contributed by atoms with E-state index >= 15 is 0 Å². The molecule has 0 spiro atoms. The molecule has 1 aromatic carbocycles. The van der Waals surface area contributed by atoms with Gasteiger partial charge in [0.05, 0.1) is 6.61 Å². The van der Waals surface area contributed by atoms with Gasteiger partial charge in [-0.15, -0.1) is 6.58 Å². The van der Waals surface area contributed by atoms with Crippen LogP contribution in [-0.2, 0) is 6.54 Å². The van der Waals surface area contributed by atoms with Crippen LogP contribution in [0, 0.1) is 0 Å². The van der Waals surface area contributed by atoms with Gasteiger partial charge in [-0.2, -0.15) is 0 Å². The van der Waals surface area contributed by atoms with E-state index in [4.69, 9.17) is 9.84 Å². The fourth-order valence-electron chi connectivity index (χ4n) is 1.93. The predicted molar refractivity (Wildman–Crippen MR) is 83.0 cm³/mol. The largest absolute Gasteiger partial charge is 0.492 e. The van der Waals surface area contributed by atoms with Crippen LogP contribution in [0.15, 0.2) is 36.9 Å². The van der Waals surface area contributed by atoms with Gasteiger partial charge in [0, 0.05) is 26.2 Å². The summed E-state index contributed by atoms with van der Waals surface area (Å²) in [5.41, 5.74) is 1.22. The van der Waals surface area contributed by atoms with E-state index in [1.54, 1.807) is 0 Å². The summed E-state index contributed by atoms with van der Waals surface area (Å²) in [7, 11) is 0. The van der Waals surface area contributed by atoms with Crippen molar-refractivity contribution in [2.75, 3.05) is 39.4 Å². The number of ether oxygens (including phenoxy) is 1. The number of nitrogens with one attached hydrogen (secondary N) is 1. The Balaban J connectivity index is 2.38. The molecule has 112 valence electrons. The van der Waals surface area contributed by atoms with Gasteiger partial charge in [0.25, 0.3) is 0 Å². The van der Waals surface area contributed by atoms with E-state index in [1.807, 2.05) is 18.2 Å². The number of aliphatic hydroxyl groups excluding tert-OH is 1. The third-order valence-corrected chi connectivity index (χ3v) is 2.96. The molecule has 0 aliphatic heterocycles. The molecule has 0 aliphatic carbocycles. The van der Waals surface area contributed by atoms with Crippen molar-refractivity contribution in [3.05, 3.63) is 42.5 Å². The minimum Gasteiger partial charge on any atom is -0.492 e. The standard InChI is InChI=1S/C16H26N2O2/c1-3-8-18(9-11-19)10-12-20-16-7-5-6-15(13-16)14-17-4-2/h3,5-7,13,17,19H,1,4,8-12,14H2,2H3. The third-order valence-electron chi connectivity index (χ3n) is 2.96. The molecule has 0 bridgehead atoms. The molecule has 0 saturated heterocycles. The van der Waals surface area contributed by atoms with E-state index < -0.39 is 0 Å². The van der Waals surface area contributed by atoms with Crippen molar-refractivity contribution in [3.8, 4) is 5.75 Å². The minimum atomic E-state index is 0.159. The van der Waals surface area contributed by atoms with Crippen molar-refractivity contribution in [1.29, 1.82) is 0 Å². The Kier molecular flexibility index (Phi) is 8.71. The Morgan fingerprint density at radius 2 is 2.25 bits per heavy atom. The lowest BCUT2D eigenvalue weighted by Crippen LogP contribution is -2.31. The molecule has 0 radical (unpaired) electrons. The maximum atomic E-state index is 8.97. The van der Waals surface area contributed by atoms with E-state index in [1.165, 1.54) is 5.56 Å². The van der Waals surface area contributed by atoms with Gasteiger partial charge in [0.2, 0.25) is 0 Å². The maximum absolute atomic E-state index is 8.97. The van der Waals surface area contributed by atoms with Crippen LogP contribution in [0.5, 0.6) is 5.75 Å². The Hall–Kier alpha value is -1.36. The minimum absolute atomic E-state index is 0.159. The first-order chi connectivity index (χ1) is 9.80. The van der Waals surface area contributed by atoms with Crippen LogP contribution >= 0.6 is 0 Å². The molecule has 0 aliphatic rings. The van der Waals surface area contributed by atoms with E-state index in [0.29, 0.717) is 13.2 Å². The van der Waals surface area contributed by atoms with Gasteiger partial charge in [-0.25, -0.2) is 0 Å². The average molecular weight is 278 g/mol. The Morgan fingerprint density at radius 1 is 1.40 bits per heavy atom. The van der Waals surface area contributed by atoms with Gasteiger partial charge in [-0.3, -0.25) is 4.90 Å². The second-order valence-corrected chi connectivity index (χ2v) is 4.59. The molecular weight excluding hydrogens is 252 g/mol. The van der Waals surface area contributed by atoms with Crippen molar-refractivity contribution in [1.82, 2.24) is 10.2 Å². The van der Waals surface area contributed by atoms with Gasteiger partial charge in [-0.05, 0) is 24.2 Å². The van der Waals surface area contributed by atoms with E-state index in [0.717, 1.165) is 31.9 Å².